The van der Waals surface area contributed by atoms with Gasteiger partial charge < -0.3 is 14.7 Å². The smallest absolute Gasteiger partial charge is 0.222 e. The third kappa shape index (κ3) is 6.03. The van der Waals surface area contributed by atoms with Crippen molar-refractivity contribution in [3.05, 3.63) is 0 Å². The first-order valence-corrected chi connectivity index (χ1v) is 9.90. The van der Waals surface area contributed by atoms with Gasteiger partial charge in [0, 0.05) is 32.7 Å². The summed E-state index contributed by atoms with van der Waals surface area (Å²) < 4.78 is 5.75. The van der Waals surface area contributed by atoms with E-state index in [9.17, 15) is 4.79 Å². The highest BCUT2D eigenvalue weighted by molar-refractivity contribution is 5.76. The minimum atomic E-state index is 0.189. The standard InChI is InChI=1S/C20H37NO3/c1-20(2,3)17-7-5-16(6-8-17)15-19(23)21-11-9-18(10-12-21)24-14-4-13-22/h16-18,22H,4-15H2,1-3H3. The minimum absolute atomic E-state index is 0.189. The molecule has 2 aliphatic rings. The molecule has 0 spiro atoms. The fourth-order valence-corrected chi connectivity index (χ4v) is 4.20. The summed E-state index contributed by atoms with van der Waals surface area (Å²) in [5.74, 6) is 1.76. The first-order chi connectivity index (χ1) is 11.4. The highest BCUT2D eigenvalue weighted by Crippen LogP contribution is 2.40. The maximum Gasteiger partial charge on any atom is 0.222 e. The highest BCUT2D eigenvalue weighted by Gasteiger charge is 2.31. The van der Waals surface area contributed by atoms with Crippen molar-refractivity contribution in [2.75, 3.05) is 26.3 Å². The average molecular weight is 340 g/mol. The van der Waals surface area contributed by atoms with Crippen molar-refractivity contribution in [1.29, 1.82) is 0 Å². The monoisotopic (exact) mass is 339 g/mol. The Morgan fingerprint density at radius 1 is 1.08 bits per heavy atom. The van der Waals surface area contributed by atoms with Gasteiger partial charge in [0.25, 0.3) is 0 Å². The molecule has 0 aromatic carbocycles. The van der Waals surface area contributed by atoms with Crippen molar-refractivity contribution in [3.8, 4) is 0 Å². The van der Waals surface area contributed by atoms with Gasteiger partial charge in [0.2, 0.25) is 5.91 Å². The fraction of sp³-hybridized carbons (Fsp3) is 0.950. The summed E-state index contributed by atoms with van der Waals surface area (Å²) in [6, 6.07) is 0. The number of ether oxygens (including phenoxy) is 1. The van der Waals surface area contributed by atoms with Crippen molar-refractivity contribution in [1.82, 2.24) is 4.90 Å². The number of hydrogen-bond donors (Lipinski definition) is 1. The second kappa shape index (κ2) is 9.19. The zero-order valence-corrected chi connectivity index (χ0v) is 15.9. The fourth-order valence-electron chi connectivity index (χ4n) is 4.20. The van der Waals surface area contributed by atoms with Crippen LogP contribution in [0.25, 0.3) is 0 Å². The van der Waals surface area contributed by atoms with Gasteiger partial charge in [-0.15, -0.1) is 0 Å². The predicted molar refractivity (Wildman–Crippen MR) is 96.8 cm³/mol. The van der Waals surface area contributed by atoms with Crippen molar-refractivity contribution in [2.45, 2.75) is 78.2 Å². The summed E-state index contributed by atoms with van der Waals surface area (Å²) in [5.41, 5.74) is 0.410. The van der Waals surface area contributed by atoms with Crippen LogP contribution in [0.3, 0.4) is 0 Å². The second-order valence-electron chi connectivity index (χ2n) is 8.82. The third-order valence-corrected chi connectivity index (χ3v) is 5.99. The summed E-state index contributed by atoms with van der Waals surface area (Å²) in [6.07, 6.45) is 8.58. The summed E-state index contributed by atoms with van der Waals surface area (Å²) in [5, 5.41) is 8.79. The molecule has 1 heterocycles. The maximum atomic E-state index is 12.6. The number of piperidine rings is 1. The second-order valence-corrected chi connectivity index (χ2v) is 8.82. The summed E-state index contributed by atoms with van der Waals surface area (Å²) in [6.45, 7) is 9.52. The first kappa shape index (κ1) is 19.7. The molecule has 0 bridgehead atoms. The molecule has 4 heteroatoms. The minimum Gasteiger partial charge on any atom is -0.396 e. The molecule has 2 rings (SSSR count). The molecule has 0 aromatic heterocycles. The quantitative estimate of drug-likeness (QED) is 0.752. The Balaban J connectivity index is 1.65. The van der Waals surface area contributed by atoms with Gasteiger partial charge >= 0.3 is 0 Å². The normalized spacial score (nSPS) is 26.6. The molecule has 4 nitrogen and oxygen atoms in total. The molecule has 1 saturated heterocycles. The number of nitrogens with zero attached hydrogens (tertiary/aromatic N) is 1. The molecule has 2 fully saturated rings. The molecule has 24 heavy (non-hydrogen) atoms. The van der Waals surface area contributed by atoms with Crippen LogP contribution in [0.1, 0.15) is 72.1 Å². The Morgan fingerprint density at radius 2 is 1.71 bits per heavy atom. The van der Waals surface area contributed by atoms with Gasteiger partial charge in [-0.05, 0) is 62.2 Å². The number of amides is 1. The lowest BCUT2D eigenvalue weighted by atomic mass is 9.69. The van der Waals surface area contributed by atoms with E-state index in [0.717, 1.165) is 38.3 Å². The predicted octanol–water partition coefficient (Wildman–Crippen LogP) is 3.62. The molecule has 0 unspecified atom stereocenters. The van der Waals surface area contributed by atoms with Crippen LogP contribution < -0.4 is 0 Å². The number of likely N-dealkylation sites (tertiary alicyclic amines) is 1. The molecule has 0 aromatic rings. The molecule has 1 aliphatic heterocycles. The van der Waals surface area contributed by atoms with Crippen LogP contribution in [-0.4, -0.2) is 48.3 Å². The Bertz CT molecular complexity index is 375. The number of aliphatic hydroxyl groups is 1. The lowest BCUT2D eigenvalue weighted by Crippen LogP contribution is -2.41. The van der Waals surface area contributed by atoms with E-state index in [1.807, 2.05) is 4.90 Å². The lowest BCUT2D eigenvalue weighted by Gasteiger charge is -2.38. The van der Waals surface area contributed by atoms with Crippen LogP contribution in [0.4, 0.5) is 0 Å². The summed E-state index contributed by atoms with van der Waals surface area (Å²) in [4.78, 5) is 14.6. The maximum absolute atomic E-state index is 12.6. The zero-order valence-electron chi connectivity index (χ0n) is 15.9. The molecular formula is C20H37NO3. The van der Waals surface area contributed by atoms with E-state index in [1.54, 1.807) is 0 Å². The van der Waals surface area contributed by atoms with Crippen molar-refractivity contribution in [3.63, 3.8) is 0 Å². The van der Waals surface area contributed by atoms with E-state index in [2.05, 4.69) is 20.8 Å². The topological polar surface area (TPSA) is 49.8 Å². The van der Waals surface area contributed by atoms with Gasteiger partial charge in [-0.25, -0.2) is 0 Å². The van der Waals surface area contributed by atoms with Crippen LogP contribution in [0.5, 0.6) is 0 Å². The number of hydrogen-bond acceptors (Lipinski definition) is 3. The van der Waals surface area contributed by atoms with E-state index in [1.165, 1.54) is 25.7 Å². The average Bonchev–Trinajstić information content (AvgIpc) is 2.55. The Morgan fingerprint density at radius 3 is 2.25 bits per heavy atom. The molecule has 1 saturated carbocycles. The number of rotatable bonds is 6. The number of carbonyl (C=O) groups excluding carboxylic acids is 1. The highest BCUT2D eigenvalue weighted by atomic mass is 16.5. The van der Waals surface area contributed by atoms with Crippen LogP contribution >= 0.6 is 0 Å². The van der Waals surface area contributed by atoms with Crippen LogP contribution in [0.15, 0.2) is 0 Å². The molecule has 1 aliphatic carbocycles. The van der Waals surface area contributed by atoms with Gasteiger partial charge in [-0.3, -0.25) is 4.79 Å². The molecule has 1 amide bonds. The number of carbonyl (C=O) groups is 1. The van der Waals surface area contributed by atoms with Gasteiger partial charge in [0.15, 0.2) is 0 Å². The Hall–Kier alpha value is -0.610. The van der Waals surface area contributed by atoms with Crippen molar-refractivity contribution < 1.29 is 14.6 Å². The first-order valence-electron chi connectivity index (χ1n) is 9.90. The van der Waals surface area contributed by atoms with Gasteiger partial charge in [-0.2, -0.15) is 0 Å². The van der Waals surface area contributed by atoms with Crippen molar-refractivity contribution >= 4 is 5.91 Å². The third-order valence-electron chi connectivity index (χ3n) is 5.99. The van der Waals surface area contributed by atoms with Crippen LogP contribution in [0, 0.1) is 17.3 Å². The molecule has 0 radical (unpaired) electrons. The van der Waals surface area contributed by atoms with Crippen molar-refractivity contribution in [2.24, 2.45) is 17.3 Å². The van der Waals surface area contributed by atoms with Crippen LogP contribution in [-0.2, 0) is 9.53 Å². The van der Waals surface area contributed by atoms with E-state index in [4.69, 9.17) is 9.84 Å². The van der Waals surface area contributed by atoms with Gasteiger partial charge in [0.05, 0.1) is 6.10 Å². The van der Waals surface area contributed by atoms with Gasteiger partial charge in [-0.1, -0.05) is 20.8 Å². The van der Waals surface area contributed by atoms with Gasteiger partial charge in [0.1, 0.15) is 0 Å². The molecular weight excluding hydrogens is 302 g/mol. The van der Waals surface area contributed by atoms with E-state index >= 15 is 0 Å². The van der Waals surface area contributed by atoms with E-state index in [0.29, 0.717) is 30.3 Å². The lowest BCUT2D eigenvalue weighted by molar-refractivity contribution is -0.135. The van der Waals surface area contributed by atoms with Crippen LogP contribution in [0.2, 0.25) is 0 Å². The Labute approximate surface area is 147 Å². The largest absolute Gasteiger partial charge is 0.396 e. The zero-order chi connectivity index (χ0) is 17.6. The molecule has 140 valence electrons. The summed E-state index contributed by atoms with van der Waals surface area (Å²) in [7, 11) is 0. The van der Waals surface area contributed by atoms with E-state index in [-0.39, 0.29) is 12.7 Å². The molecule has 1 N–H and O–H groups in total. The molecule has 0 atom stereocenters. The summed E-state index contributed by atoms with van der Waals surface area (Å²) >= 11 is 0. The SMILES string of the molecule is CC(C)(C)C1CCC(CC(=O)N2CCC(OCCCO)CC2)CC1. The number of aliphatic hydroxyl groups excluding tert-OH is 1. The van der Waals surface area contributed by atoms with E-state index < -0.39 is 0 Å². The Kier molecular flexibility index (Phi) is 7.55.